The van der Waals surface area contributed by atoms with Gasteiger partial charge in [0.2, 0.25) is 0 Å². The molecule has 0 aromatic rings. The van der Waals surface area contributed by atoms with E-state index < -0.39 is 0 Å². The van der Waals surface area contributed by atoms with Crippen LogP contribution < -0.4 is 0 Å². The molecule has 0 radical (unpaired) electrons. The fourth-order valence-corrected chi connectivity index (χ4v) is 1.69. The van der Waals surface area contributed by atoms with Gasteiger partial charge in [-0.2, -0.15) is 0 Å². The van der Waals surface area contributed by atoms with Crippen LogP contribution in [0.5, 0.6) is 0 Å². The maximum atomic E-state index is 3.78. The highest BCUT2D eigenvalue weighted by Crippen LogP contribution is 2.13. The van der Waals surface area contributed by atoms with Crippen molar-refractivity contribution in [1.82, 2.24) is 0 Å². The maximum Gasteiger partial charge on any atom is 0.168 e. The Labute approximate surface area is 81.5 Å². The highest BCUT2D eigenvalue weighted by molar-refractivity contribution is 5.67. The topological polar surface area (TPSA) is 3.01 Å². The Bertz CT molecular complexity index is 213. The summed E-state index contributed by atoms with van der Waals surface area (Å²) in [6.45, 7) is 7.14. The lowest BCUT2D eigenvalue weighted by Gasteiger charge is -2.11. The molecule has 1 aliphatic rings. The van der Waals surface area contributed by atoms with Gasteiger partial charge in [0.25, 0.3) is 0 Å². The summed E-state index contributed by atoms with van der Waals surface area (Å²) in [5.41, 5.74) is 0. The van der Waals surface area contributed by atoms with E-state index in [0.717, 1.165) is 12.5 Å². The molecule has 0 bridgehead atoms. The van der Waals surface area contributed by atoms with E-state index in [9.17, 15) is 0 Å². The lowest BCUT2D eigenvalue weighted by Crippen LogP contribution is -2.18. The van der Waals surface area contributed by atoms with Crippen LogP contribution in [0, 0.1) is 5.92 Å². The summed E-state index contributed by atoms with van der Waals surface area (Å²) in [7, 11) is 0. The molecule has 0 fully saturated rings. The number of nitrogens with zero attached hydrogens (tertiary/aromatic N) is 1. The van der Waals surface area contributed by atoms with Crippen molar-refractivity contribution in [3.8, 4) is 0 Å². The number of unbranched alkanes of at least 4 members (excludes halogenated alkanes) is 2. The van der Waals surface area contributed by atoms with Gasteiger partial charge in [-0.3, -0.25) is 0 Å². The van der Waals surface area contributed by atoms with Crippen molar-refractivity contribution in [2.75, 3.05) is 6.54 Å². The molecule has 0 saturated heterocycles. The Morgan fingerprint density at radius 2 is 2.38 bits per heavy atom. The summed E-state index contributed by atoms with van der Waals surface area (Å²) in [4.78, 5) is 0. The summed E-state index contributed by atoms with van der Waals surface area (Å²) in [6.07, 6.45) is 13.8. The van der Waals surface area contributed by atoms with Gasteiger partial charge in [-0.25, -0.2) is 4.58 Å². The third kappa shape index (κ3) is 3.58. The molecule has 1 nitrogen and oxygen atoms in total. The molecule has 0 N–H and O–H groups in total. The molecule has 1 rings (SSSR count). The van der Waals surface area contributed by atoms with E-state index in [1.807, 2.05) is 6.20 Å². The molecule has 0 aromatic carbocycles. The molecule has 0 aliphatic carbocycles. The van der Waals surface area contributed by atoms with Crippen molar-refractivity contribution in [2.45, 2.75) is 32.6 Å². The number of hydrogen-bond donors (Lipinski definition) is 0. The van der Waals surface area contributed by atoms with Crippen molar-refractivity contribution in [3.05, 3.63) is 24.9 Å². The fourth-order valence-electron chi connectivity index (χ4n) is 1.69. The number of rotatable bonds is 5. The van der Waals surface area contributed by atoms with Crippen molar-refractivity contribution < 1.29 is 4.58 Å². The predicted molar refractivity (Wildman–Crippen MR) is 58.2 cm³/mol. The molecule has 1 unspecified atom stereocenters. The first-order valence-corrected chi connectivity index (χ1v) is 5.26. The molecule has 13 heavy (non-hydrogen) atoms. The molecule has 0 spiro atoms. The van der Waals surface area contributed by atoms with Gasteiger partial charge in [0.1, 0.15) is 0 Å². The van der Waals surface area contributed by atoms with Crippen LogP contribution in [0.4, 0.5) is 0 Å². The quantitative estimate of drug-likeness (QED) is 0.450. The Morgan fingerprint density at radius 1 is 1.54 bits per heavy atom. The molecule has 0 amide bonds. The van der Waals surface area contributed by atoms with Crippen molar-refractivity contribution in [3.63, 3.8) is 0 Å². The first-order valence-electron chi connectivity index (χ1n) is 5.26. The standard InChI is InChI=1S/C12H20N/c1-3-5-6-8-12-9-7-10-13(4-2)11-12/h4,7,9-10,12H,2-3,5-6,8,11H2,1H3/q+1. The van der Waals surface area contributed by atoms with Crippen LogP contribution in [0.25, 0.3) is 0 Å². The Balaban J connectivity index is 2.27. The fraction of sp³-hybridized carbons (Fsp3) is 0.583. The molecular weight excluding hydrogens is 158 g/mol. The van der Waals surface area contributed by atoms with Crippen LogP contribution in [0.15, 0.2) is 24.9 Å². The first kappa shape index (κ1) is 10.2. The van der Waals surface area contributed by atoms with E-state index in [4.69, 9.17) is 0 Å². The summed E-state index contributed by atoms with van der Waals surface area (Å²) < 4.78 is 2.16. The van der Waals surface area contributed by atoms with E-state index in [-0.39, 0.29) is 0 Å². The molecule has 1 atom stereocenters. The van der Waals surface area contributed by atoms with Crippen molar-refractivity contribution in [1.29, 1.82) is 0 Å². The van der Waals surface area contributed by atoms with E-state index in [0.29, 0.717) is 0 Å². The minimum Gasteiger partial charge on any atom is -0.205 e. The average Bonchev–Trinajstić information content (AvgIpc) is 2.19. The van der Waals surface area contributed by atoms with Gasteiger partial charge in [-0.15, -0.1) is 0 Å². The van der Waals surface area contributed by atoms with E-state index in [1.165, 1.54) is 25.7 Å². The van der Waals surface area contributed by atoms with E-state index >= 15 is 0 Å². The first-order chi connectivity index (χ1) is 6.36. The third-order valence-electron chi connectivity index (χ3n) is 2.52. The smallest absolute Gasteiger partial charge is 0.168 e. The van der Waals surface area contributed by atoms with Gasteiger partial charge in [-0.05, 0) is 19.1 Å². The Kier molecular flexibility index (Phi) is 4.52. The lowest BCUT2D eigenvalue weighted by atomic mass is 9.99. The highest BCUT2D eigenvalue weighted by Gasteiger charge is 2.13. The molecule has 1 heteroatoms. The maximum absolute atomic E-state index is 3.78. The zero-order valence-corrected chi connectivity index (χ0v) is 8.58. The normalized spacial score (nSPS) is 21.3. The van der Waals surface area contributed by atoms with Crippen molar-refractivity contribution >= 4 is 6.21 Å². The zero-order chi connectivity index (χ0) is 9.52. The minimum atomic E-state index is 0.731. The second kappa shape index (κ2) is 5.74. The van der Waals surface area contributed by atoms with Gasteiger partial charge < -0.3 is 0 Å². The number of allylic oxidation sites excluding steroid dienone is 1. The Morgan fingerprint density at radius 3 is 3.08 bits per heavy atom. The average molecular weight is 178 g/mol. The zero-order valence-electron chi connectivity index (χ0n) is 8.58. The second-order valence-corrected chi connectivity index (χ2v) is 3.67. The monoisotopic (exact) mass is 178 g/mol. The van der Waals surface area contributed by atoms with Gasteiger partial charge in [-0.1, -0.05) is 32.3 Å². The van der Waals surface area contributed by atoms with Crippen LogP contribution >= 0.6 is 0 Å². The van der Waals surface area contributed by atoms with Crippen LogP contribution in [0.2, 0.25) is 0 Å². The molecule has 0 aromatic heterocycles. The largest absolute Gasteiger partial charge is 0.205 e. The summed E-state index contributed by atoms with van der Waals surface area (Å²) in [6, 6.07) is 0. The Hall–Kier alpha value is -0.850. The molecule has 72 valence electrons. The summed E-state index contributed by atoms with van der Waals surface area (Å²) >= 11 is 0. The lowest BCUT2D eigenvalue weighted by molar-refractivity contribution is -0.459. The third-order valence-corrected chi connectivity index (χ3v) is 2.52. The summed E-state index contributed by atoms with van der Waals surface area (Å²) in [5, 5.41) is 0. The van der Waals surface area contributed by atoms with E-state index in [2.05, 4.69) is 36.4 Å². The summed E-state index contributed by atoms with van der Waals surface area (Å²) in [5.74, 6) is 0.731. The van der Waals surface area contributed by atoms with Crippen LogP contribution in [-0.4, -0.2) is 17.3 Å². The van der Waals surface area contributed by atoms with Gasteiger partial charge >= 0.3 is 0 Å². The highest BCUT2D eigenvalue weighted by atomic mass is 15.0. The van der Waals surface area contributed by atoms with Crippen LogP contribution in [0.3, 0.4) is 0 Å². The second-order valence-electron chi connectivity index (χ2n) is 3.67. The van der Waals surface area contributed by atoms with Crippen LogP contribution in [-0.2, 0) is 0 Å². The SMILES string of the molecule is C=C[N+]1=CC=CC(CCCCC)C1. The van der Waals surface area contributed by atoms with Gasteiger partial charge in [0.05, 0.1) is 0 Å². The van der Waals surface area contributed by atoms with Gasteiger partial charge in [0.15, 0.2) is 19.0 Å². The molecule has 0 saturated carbocycles. The van der Waals surface area contributed by atoms with Gasteiger partial charge in [0, 0.05) is 5.92 Å². The number of hydrogen-bond acceptors (Lipinski definition) is 0. The minimum absolute atomic E-state index is 0.731. The van der Waals surface area contributed by atoms with E-state index in [1.54, 1.807) is 0 Å². The molecule has 1 aliphatic heterocycles. The van der Waals surface area contributed by atoms with Crippen LogP contribution in [0.1, 0.15) is 32.6 Å². The molecular formula is C12H20N+. The van der Waals surface area contributed by atoms with Crippen molar-refractivity contribution in [2.24, 2.45) is 5.92 Å². The predicted octanol–water partition coefficient (Wildman–Crippen LogP) is 2.98. The molecule has 1 heterocycles.